The summed E-state index contributed by atoms with van der Waals surface area (Å²) in [6.45, 7) is 2.26. The van der Waals surface area contributed by atoms with Gasteiger partial charge in [0.25, 0.3) is 0 Å². The van der Waals surface area contributed by atoms with Crippen LogP contribution >= 0.6 is 0 Å². The highest BCUT2D eigenvalue weighted by Crippen LogP contribution is 2.22. The van der Waals surface area contributed by atoms with E-state index in [1.54, 1.807) is 0 Å². The van der Waals surface area contributed by atoms with E-state index in [9.17, 15) is 13.2 Å². The number of nitrogens with zero attached hydrogens (tertiary/aromatic N) is 1. The number of rotatable bonds is 5. The fourth-order valence-electron chi connectivity index (χ4n) is 1.76. The molecule has 5 nitrogen and oxygen atoms in total. The van der Waals surface area contributed by atoms with Gasteiger partial charge in [-0.05, 0) is 19.3 Å². The summed E-state index contributed by atoms with van der Waals surface area (Å²) >= 11 is 0. The minimum absolute atomic E-state index is 0.0628. The number of aliphatic carboxylic acids is 1. The molecule has 1 N–H and O–H groups in total. The van der Waals surface area contributed by atoms with Crippen molar-refractivity contribution in [2.45, 2.75) is 38.6 Å². The minimum Gasteiger partial charge on any atom is -0.480 e. The highest BCUT2D eigenvalue weighted by atomic mass is 32.2. The van der Waals surface area contributed by atoms with Crippen LogP contribution in [0.15, 0.2) is 0 Å². The van der Waals surface area contributed by atoms with Gasteiger partial charge in [0, 0.05) is 6.54 Å². The molecular formula is C9H17NO4S. The van der Waals surface area contributed by atoms with Gasteiger partial charge in [0.15, 0.2) is 0 Å². The van der Waals surface area contributed by atoms with Gasteiger partial charge in [-0.2, -0.15) is 4.31 Å². The van der Waals surface area contributed by atoms with E-state index in [4.69, 9.17) is 5.11 Å². The largest absolute Gasteiger partial charge is 0.480 e. The SMILES string of the molecule is CCCCS(=O)(=O)N1CCCC1C(=O)O. The molecule has 0 spiro atoms. The van der Waals surface area contributed by atoms with E-state index in [2.05, 4.69) is 0 Å². The van der Waals surface area contributed by atoms with E-state index in [1.165, 1.54) is 0 Å². The van der Waals surface area contributed by atoms with Crippen LogP contribution in [0, 0.1) is 0 Å². The second-order valence-corrected chi connectivity index (χ2v) is 5.82. The van der Waals surface area contributed by atoms with Gasteiger partial charge in [-0.15, -0.1) is 0 Å². The number of hydrogen-bond acceptors (Lipinski definition) is 3. The topological polar surface area (TPSA) is 74.7 Å². The van der Waals surface area contributed by atoms with E-state index in [0.29, 0.717) is 25.8 Å². The highest BCUT2D eigenvalue weighted by molar-refractivity contribution is 7.89. The summed E-state index contributed by atoms with van der Waals surface area (Å²) in [6, 6.07) is -0.841. The lowest BCUT2D eigenvalue weighted by Gasteiger charge is -2.20. The molecule has 0 aromatic rings. The third-order valence-electron chi connectivity index (χ3n) is 2.60. The number of unbranched alkanes of at least 4 members (excludes halogenated alkanes) is 1. The molecule has 0 aromatic heterocycles. The molecule has 1 atom stereocenters. The Kier molecular flexibility index (Phi) is 4.10. The quantitative estimate of drug-likeness (QED) is 0.759. The van der Waals surface area contributed by atoms with E-state index < -0.39 is 22.0 Å². The maximum Gasteiger partial charge on any atom is 0.322 e. The molecule has 0 aliphatic carbocycles. The van der Waals surface area contributed by atoms with Crippen LogP contribution < -0.4 is 0 Å². The first kappa shape index (κ1) is 12.4. The van der Waals surface area contributed by atoms with Gasteiger partial charge in [-0.1, -0.05) is 13.3 Å². The van der Waals surface area contributed by atoms with E-state index >= 15 is 0 Å². The Labute approximate surface area is 90.1 Å². The van der Waals surface area contributed by atoms with Gasteiger partial charge in [0.2, 0.25) is 10.0 Å². The van der Waals surface area contributed by atoms with Crippen LogP contribution in [0.4, 0.5) is 0 Å². The lowest BCUT2D eigenvalue weighted by molar-refractivity contribution is -0.140. The van der Waals surface area contributed by atoms with Crippen molar-refractivity contribution >= 4 is 16.0 Å². The molecule has 0 bridgehead atoms. The molecule has 1 aliphatic rings. The molecule has 0 amide bonds. The van der Waals surface area contributed by atoms with E-state index in [0.717, 1.165) is 10.7 Å². The molecule has 0 saturated carbocycles. The summed E-state index contributed by atoms with van der Waals surface area (Å²) in [4.78, 5) is 10.8. The first-order chi connectivity index (χ1) is 6.99. The molecule has 0 aromatic carbocycles. The van der Waals surface area contributed by atoms with Crippen molar-refractivity contribution in [3.63, 3.8) is 0 Å². The number of hydrogen-bond donors (Lipinski definition) is 1. The average Bonchev–Trinajstić information content (AvgIpc) is 2.63. The summed E-state index contributed by atoms with van der Waals surface area (Å²) in [5.41, 5.74) is 0. The Morgan fingerprint density at radius 3 is 2.73 bits per heavy atom. The average molecular weight is 235 g/mol. The zero-order valence-electron chi connectivity index (χ0n) is 8.85. The molecule has 1 saturated heterocycles. The molecule has 6 heteroatoms. The van der Waals surface area contributed by atoms with Gasteiger partial charge in [-0.3, -0.25) is 4.79 Å². The van der Waals surface area contributed by atoms with Crippen molar-refractivity contribution in [3.05, 3.63) is 0 Å². The van der Waals surface area contributed by atoms with Crippen molar-refractivity contribution < 1.29 is 18.3 Å². The first-order valence-electron chi connectivity index (χ1n) is 5.21. The monoisotopic (exact) mass is 235 g/mol. The van der Waals surface area contributed by atoms with Crippen molar-refractivity contribution in [1.29, 1.82) is 0 Å². The lowest BCUT2D eigenvalue weighted by Crippen LogP contribution is -2.41. The van der Waals surface area contributed by atoms with Crippen LogP contribution in [-0.2, 0) is 14.8 Å². The fourth-order valence-corrected chi connectivity index (χ4v) is 3.64. The maximum atomic E-state index is 11.8. The van der Waals surface area contributed by atoms with Crippen molar-refractivity contribution in [3.8, 4) is 0 Å². The standard InChI is InChI=1S/C9H17NO4S/c1-2-3-7-15(13,14)10-6-4-5-8(10)9(11)12/h8H,2-7H2,1H3,(H,11,12). The normalized spacial score (nSPS) is 23.1. The third kappa shape index (κ3) is 2.92. The second-order valence-electron chi connectivity index (χ2n) is 3.78. The lowest BCUT2D eigenvalue weighted by atomic mass is 10.2. The van der Waals surface area contributed by atoms with Gasteiger partial charge in [0.1, 0.15) is 6.04 Å². The van der Waals surface area contributed by atoms with Crippen LogP contribution in [0.2, 0.25) is 0 Å². The number of carboxylic acids is 1. The highest BCUT2D eigenvalue weighted by Gasteiger charge is 2.37. The zero-order chi connectivity index (χ0) is 11.5. The van der Waals surface area contributed by atoms with Crippen molar-refractivity contribution in [2.75, 3.05) is 12.3 Å². The number of carboxylic acid groups (broad SMARTS) is 1. The zero-order valence-corrected chi connectivity index (χ0v) is 9.66. The van der Waals surface area contributed by atoms with Crippen LogP contribution in [0.1, 0.15) is 32.6 Å². The van der Waals surface area contributed by atoms with E-state index in [1.807, 2.05) is 6.92 Å². The van der Waals surface area contributed by atoms with Crippen molar-refractivity contribution in [1.82, 2.24) is 4.31 Å². The Balaban J connectivity index is 2.73. The summed E-state index contributed by atoms with van der Waals surface area (Å²) in [7, 11) is -3.36. The fraction of sp³-hybridized carbons (Fsp3) is 0.889. The summed E-state index contributed by atoms with van der Waals surface area (Å²) in [6.07, 6.45) is 2.46. The van der Waals surface area contributed by atoms with Crippen molar-refractivity contribution in [2.24, 2.45) is 0 Å². The van der Waals surface area contributed by atoms with E-state index in [-0.39, 0.29) is 5.75 Å². The maximum absolute atomic E-state index is 11.8. The van der Waals surface area contributed by atoms with Gasteiger partial charge < -0.3 is 5.11 Å². The van der Waals surface area contributed by atoms with Gasteiger partial charge in [0.05, 0.1) is 5.75 Å². The van der Waals surface area contributed by atoms with Gasteiger partial charge in [-0.25, -0.2) is 8.42 Å². The Bertz CT molecular complexity index is 325. The predicted octanol–water partition coefficient (Wildman–Crippen LogP) is 0.665. The molecule has 0 radical (unpaired) electrons. The van der Waals surface area contributed by atoms with Crippen LogP contribution in [0.3, 0.4) is 0 Å². The summed E-state index contributed by atoms with van der Waals surface area (Å²) in [5.74, 6) is -0.972. The first-order valence-corrected chi connectivity index (χ1v) is 6.82. The minimum atomic E-state index is -3.36. The number of carbonyl (C=O) groups is 1. The Hall–Kier alpha value is -0.620. The molecule has 1 rings (SSSR count). The molecule has 1 fully saturated rings. The summed E-state index contributed by atoms with van der Waals surface area (Å²) < 4.78 is 24.7. The Morgan fingerprint density at radius 1 is 1.53 bits per heavy atom. The molecule has 88 valence electrons. The van der Waals surface area contributed by atoms with Crippen LogP contribution in [-0.4, -0.2) is 42.1 Å². The molecule has 1 aliphatic heterocycles. The smallest absolute Gasteiger partial charge is 0.322 e. The van der Waals surface area contributed by atoms with Crippen LogP contribution in [0.25, 0.3) is 0 Å². The molecular weight excluding hydrogens is 218 g/mol. The Morgan fingerprint density at radius 2 is 2.20 bits per heavy atom. The predicted molar refractivity (Wildman–Crippen MR) is 56.1 cm³/mol. The third-order valence-corrected chi connectivity index (χ3v) is 4.56. The second kappa shape index (κ2) is 4.94. The number of sulfonamides is 1. The molecule has 1 heterocycles. The summed E-state index contributed by atoms with van der Waals surface area (Å²) in [5, 5.41) is 8.87. The van der Waals surface area contributed by atoms with Gasteiger partial charge >= 0.3 is 5.97 Å². The molecule has 1 unspecified atom stereocenters. The molecule has 15 heavy (non-hydrogen) atoms. The van der Waals surface area contributed by atoms with Crippen LogP contribution in [0.5, 0.6) is 0 Å².